The van der Waals surface area contributed by atoms with Gasteiger partial charge in [0, 0.05) is 16.7 Å². The first-order chi connectivity index (χ1) is 8.91. The number of halogens is 1. The lowest BCUT2D eigenvalue weighted by Gasteiger charge is -2.18. The number of aryl methyl sites for hydroxylation is 1. The predicted octanol–water partition coefficient (Wildman–Crippen LogP) is 2.39. The third-order valence-electron chi connectivity index (χ3n) is 3.65. The van der Waals surface area contributed by atoms with Gasteiger partial charge in [0.05, 0.1) is 11.5 Å². The fraction of sp³-hybridized carbons (Fsp3) is 0.429. The van der Waals surface area contributed by atoms with Crippen molar-refractivity contribution in [2.24, 2.45) is 11.8 Å². The van der Waals surface area contributed by atoms with Crippen LogP contribution in [0.4, 0.5) is 0 Å². The molecule has 1 aliphatic heterocycles. The third-order valence-corrected chi connectivity index (χ3v) is 4.55. The van der Waals surface area contributed by atoms with Gasteiger partial charge in [-0.15, -0.1) is 0 Å². The van der Waals surface area contributed by atoms with E-state index in [1.807, 2.05) is 32.0 Å². The molecule has 0 unspecified atom stereocenters. The standard InChI is InChI=1S/C14H16INO3/c1-8-4-3-5-11(15)12(8)13(17)16-6-9(2)10(7-16)14(18)19/h3-5,9-10H,6-7H2,1-2H3,(H,18,19)/t9-,10-/m1/s1. The summed E-state index contributed by atoms with van der Waals surface area (Å²) in [5.41, 5.74) is 1.63. The average molecular weight is 373 g/mol. The zero-order valence-electron chi connectivity index (χ0n) is 10.9. The number of aliphatic carboxylic acids is 1. The monoisotopic (exact) mass is 373 g/mol. The minimum atomic E-state index is -0.817. The van der Waals surface area contributed by atoms with E-state index in [0.29, 0.717) is 18.7 Å². The van der Waals surface area contributed by atoms with Crippen molar-refractivity contribution in [2.45, 2.75) is 13.8 Å². The smallest absolute Gasteiger partial charge is 0.308 e. The predicted molar refractivity (Wildman–Crippen MR) is 80.1 cm³/mol. The molecule has 1 amide bonds. The molecule has 0 aromatic heterocycles. The number of hydrogen-bond donors (Lipinski definition) is 1. The van der Waals surface area contributed by atoms with E-state index in [2.05, 4.69) is 22.6 Å². The Morgan fingerprint density at radius 2 is 2.05 bits per heavy atom. The molecule has 2 rings (SSSR count). The van der Waals surface area contributed by atoms with E-state index in [9.17, 15) is 9.59 Å². The highest BCUT2D eigenvalue weighted by atomic mass is 127. The zero-order chi connectivity index (χ0) is 14.2. The highest BCUT2D eigenvalue weighted by Gasteiger charge is 2.37. The van der Waals surface area contributed by atoms with Gasteiger partial charge in [0.15, 0.2) is 0 Å². The molecule has 2 atom stereocenters. The van der Waals surface area contributed by atoms with Crippen LogP contribution in [0.15, 0.2) is 18.2 Å². The number of amides is 1. The van der Waals surface area contributed by atoms with Crippen molar-refractivity contribution in [1.29, 1.82) is 0 Å². The van der Waals surface area contributed by atoms with Gasteiger partial charge in [-0.1, -0.05) is 19.1 Å². The third kappa shape index (κ3) is 2.75. The molecule has 1 N–H and O–H groups in total. The minimum absolute atomic E-state index is 0.00290. The first kappa shape index (κ1) is 14.3. The number of likely N-dealkylation sites (tertiary alicyclic amines) is 1. The molecule has 0 spiro atoms. The van der Waals surface area contributed by atoms with Crippen molar-refractivity contribution < 1.29 is 14.7 Å². The molecule has 0 aliphatic carbocycles. The number of carboxylic acids is 1. The molecule has 19 heavy (non-hydrogen) atoms. The maximum absolute atomic E-state index is 12.5. The minimum Gasteiger partial charge on any atom is -0.481 e. The van der Waals surface area contributed by atoms with Crippen LogP contribution < -0.4 is 0 Å². The SMILES string of the molecule is Cc1cccc(I)c1C(=O)N1C[C@@H](C)[C@H](C(=O)O)C1. The lowest BCUT2D eigenvalue weighted by atomic mass is 9.99. The number of rotatable bonds is 2. The molecule has 1 aromatic rings. The van der Waals surface area contributed by atoms with Crippen LogP contribution in [-0.2, 0) is 4.79 Å². The summed E-state index contributed by atoms with van der Waals surface area (Å²) in [6.07, 6.45) is 0. The van der Waals surface area contributed by atoms with Crippen molar-refractivity contribution in [1.82, 2.24) is 4.90 Å². The Balaban J connectivity index is 2.25. The molecule has 1 fully saturated rings. The van der Waals surface area contributed by atoms with Crippen molar-refractivity contribution in [2.75, 3.05) is 13.1 Å². The molecule has 1 heterocycles. The Bertz CT molecular complexity index is 509. The van der Waals surface area contributed by atoms with Crippen molar-refractivity contribution in [3.63, 3.8) is 0 Å². The summed E-state index contributed by atoms with van der Waals surface area (Å²) in [6.45, 7) is 4.61. The van der Waals surface area contributed by atoms with E-state index in [4.69, 9.17) is 5.11 Å². The second-order valence-electron chi connectivity index (χ2n) is 5.06. The van der Waals surface area contributed by atoms with Crippen molar-refractivity contribution >= 4 is 34.5 Å². The summed E-state index contributed by atoms with van der Waals surface area (Å²) in [5.74, 6) is -1.32. The lowest BCUT2D eigenvalue weighted by molar-refractivity contribution is -0.142. The van der Waals surface area contributed by atoms with Crippen LogP contribution in [0.2, 0.25) is 0 Å². The van der Waals surface area contributed by atoms with E-state index in [0.717, 1.165) is 9.13 Å². The van der Waals surface area contributed by atoms with Gasteiger partial charge in [0.2, 0.25) is 0 Å². The number of carbonyl (C=O) groups is 2. The lowest BCUT2D eigenvalue weighted by Crippen LogP contribution is -2.31. The maximum atomic E-state index is 12.5. The fourth-order valence-corrected chi connectivity index (χ4v) is 3.38. The van der Waals surface area contributed by atoms with Gasteiger partial charge >= 0.3 is 5.97 Å². The summed E-state index contributed by atoms with van der Waals surface area (Å²) in [5, 5.41) is 9.12. The van der Waals surface area contributed by atoms with Gasteiger partial charge < -0.3 is 10.0 Å². The normalized spacial score (nSPS) is 22.6. The Kier molecular flexibility index (Phi) is 4.13. The molecule has 1 aliphatic rings. The van der Waals surface area contributed by atoms with Crippen LogP contribution in [0.25, 0.3) is 0 Å². The first-order valence-electron chi connectivity index (χ1n) is 6.19. The van der Waals surface area contributed by atoms with E-state index >= 15 is 0 Å². The zero-order valence-corrected chi connectivity index (χ0v) is 13.0. The van der Waals surface area contributed by atoms with Gasteiger partial charge in [-0.05, 0) is 47.1 Å². The average Bonchev–Trinajstić information content (AvgIpc) is 2.71. The summed E-state index contributed by atoms with van der Waals surface area (Å²) >= 11 is 2.15. The second kappa shape index (κ2) is 5.48. The number of carboxylic acid groups (broad SMARTS) is 1. The molecule has 1 aromatic carbocycles. The molecule has 102 valence electrons. The quantitative estimate of drug-likeness (QED) is 0.810. The van der Waals surface area contributed by atoms with Gasteiger partial charge in [-0.3, -0.25) is 9.59 Å². The summed E-state index contributed by atoms with van der Waals surface area (Å²) in [6, 6.07) is 5.72. The number of carbonyl (C=O) groups excluding carboxylic acids is 1. The molecule has 0 bridgehead atoms. The Morgan fingerprint density at radius 1 is 1.37 bits per heavy atom. The van der Waals surface area contributed by atoms with E-state index in [-0.39, 0.29) is 11.8 Å². The maximum Gasteiger partial charge on any atom is 0.308 e. The van der Waals surface area contributed by atoms with Crippen LogP contribution in [0.1, 0.15) is 22.8 Å². The van der Waals surface area contributed by atoms with Crippen LogP contribution in [0, 0.1) is 22.3 Å². The van der Waals surface area contributed by atoms with Gasteiger partial charge in [-0.25, -0.2) is 0 Å². The highest BCUT2D eigenvalue weighted by Crippen LogP contribution is 2.27. The molecule has 5 heteroatoms. The molecule has 0 radical (unpaired) electrons. The number of hydrogen-bond acceptors (Lipinski definition) is 2. The van der Waals surface area contributed by atoms with Crippen LogP contribution in [0.3, 0.4) is 0 Å². The number of benzene rings is 1. The van der Waals surface area contributed by atoms with Crippen LogP contribution >= 0.6 is 22.6 Å². The van der Waals surface area contributed by atoms with Crippen molar-refractivity contribution in [3.05, 3.63) is 32.9 Å². The highest BCUT2D eigenvalue weighted by molar-refractivity contribution is 14.1. The molecule has 0 saturated carbocycles. The Hall–Kier alpha value is -1.11. The van der Waals surface area contributed by atoms with Crippen LogP contribution in [-0.4, -0.2) is 35.0 Å². The first-order valence-corrected chi connectivity index (χ1v) is 7.27. The molecule has 1 saturated heterocycles. The van der Waals surface area contributed by atoms with Crippen LogP contribution in [0.5, 0.6) is 0 Å². The number of nitrogens with zero attached hydrogens (tertiary/aromatic N) is 1. The largest absolute Gasteiger partial charge is 0.481 e. The summed E-state index contributed by atoms with van der Waals surface area (Å²) in [7, 11) is 0. The molecular weight excluding hydrogens is 357 g/mol. The van der Waals surface area contributed by atoms with Gasteiger partial charge in [0.25, 0.3) is 5.91 Å². The Morgan fingerprint density at radius 3 is 2.58 bits per heavy atom. The summed E-state index contributed by atoms with van der Waals surface area (Å²) in [4.78, 5) is 25.3. The molecule has 4 nitrogen and oxygen atoms in total. The van der Waals surface area contributed by atoms with E-state index in [1.165, 1.54) is 0 Å². The fourth-order valence-electron chi connectivity index (χ4n) is 2.51. The second-order valence-corrected chi connectivity index (χ2v) is 6.23. The summed E-state index contributed by atoms with van der Waals surface area (Å²) < 4.78 is 0.911. The van der Waals surface area contributed by atoms with Gasteiger partial charge in [-0.2, -0.15) is 0 Å². The van der Waals surface area contributed by atoms with E-state index in [1.54, 1.807) is 4.90 Å². The van der Waals surface area contributed by atoms with Gasteiger partial charge in [0.1, 0.15) is 0 Å². The topological polar surface area (TPSA) is 57.6 Å². The Labute approximate surface area is 125 Å². The van der Waals surface area contributed by atoms with Crippen molar-refractivity contribution in [3.8, 4) is 0 Å². The van der Waals surface area contributed by atoms with E-state index < -0.39 is 11.9 Å². The molecular formula is C14H16INO3.